The molecule has 0 aromatic heterocycles. The molecular formula is C25H27N3O5. The van der Waals surface area contributed by atoms with Crippen molar-refractivity contribution in [2.75, 3.05) is 42.6 Å². The molecule has 0 bridgehead atoms. The topological polar surface area (TPSA) is 87.2 Å². The molecule has 0 aliphatic carbocycles. The SMILES string of the molecule is CCOC(=O)c1ccc(N2C(=O)C[C@@H](N3CCN(c4ccc(C(C)=O)cc4)CC3)C2=O)cc1. The number of carbonyl (C=O) groups excluding carboxylic acids is 4. The van der Waals surface area contributed by atoms with E-state index >= 15 is 0 Å². The zero-order valence-electron chi connectivity index (χ0n) is 18.8. The molecular weight excluding hydrogens is 422 g/mol. The van der Waals surface area contributed by atoms with Crippen LogP contribution in [0.15, 0.2) is 48.5 Å². The summed E-state index contributed by atoms with van der Waals surface area (Å²) in [6.07, 6.45) is 0.145. The van der Waals surface area contributed by atoms with Crippen LogP contribution in [0.3, 0.4) is 0 Å². The number of amides is 2. The molecule has 2 heterocycles. The minimum atomic E-state index is -0.482. The first kappa shape index (κ1) is 22.7. The van der Waals surface area contributed by atoms with Gasteiger partial charge in [-0.05, 0) is 62.4 Å². The number of hydrogen-bond donors (Lipinski definition) is 0. The van der Waals surface area contributed by atoms with Crippen LogP contribution in [0.4, 0.5) is 11.4 Å². The van der Waals surface area contributed by atoms with Gasteiger partial charge in [0.2, 0.25) is 5.91 Å². The Kier molecular flexibility index (Phi) is 6.55. The number of benzene rings is 2. The van der Waals surface area contributed by atoms with Gasteiger partial charge in [-0.2, -0.15) is 0 Å². The summed E-state index contributed by atoms with van der Waals surface area (Å²) in [5.74, 6) is -0.870. The smallest absolute Gasteiger partial charge is 0.338 e. The molecule has 33 heavy (non-hydrogen) atoms. The van der Waals surface area contributed by atoms with Crippen molar-refractivity contribution in [1.82, 2.24) is 4.90 Å². The summed E-state index contributed by atoms with van der Waals surface area (Å²) in [7, 11) is 0. The molecule has 0 N–H and O–H groups in total. The number of carbonyl (C=O) groups is 4. The van der Waals surface area contributed by atoms with Crippen LogP contribution in [0.2, 0.25) is 0 Å². The molecule has 2 amide bonds. The van der Waals surface area contributed by atoms with Gasteiger partial charge >= 0.3 is 5.97 Å². The molecule has 0 unspecified atom stereocenters. The third-order valence-corrected chi connectivity index (χ3v) is 6.15. The monoisotopic (exact) mass is 449 g/mol. The van der Waals surface area contributed by atoms with Crippen molar-refractivity contribution >= 4 is 34.9 Å². The summed E-state index contributed by atoms with van der Waals surface area (Å²) < 4.78 is 4.98. The van der Waals surface area contributed by atoms with Crippen molar-refractivity contribution < 1.29 is 23.9 Å². The number of anilines is 2. The molecule has 2 saturated heterocycles. The van der Waals surface area contributed by atoms with E-state index in [2.05, 4.69) is 9.80 Å². The Labute approximate surface area is 192 Å². The van der Waals surface area contributed by atoms with E-state index in [1.807, 2.05) is 24.3 Å². The summed E-state index contributed by atoms with van der Waals surface area (Å²) in [6, 6.07) is 13.4. The summed E-state index contributed by atoms with van der Waals surface area (Å²) in [4.78, 5) is 54.6. The molecule has 8 nitrogen and oxygen atoms in total. The van der Waals surface area contributed by atoms with Crippen LogP contribution in [-0.4, -0.2) is 67.3 Å². The number of rotatable bonds is 6. The molecule has 2 aliphatic rings. The molecule has 4 rings (SSSR count). The molecule has 8 heteroatoms. The van der Waals surface area contributed by atoms with Gasteiger partial charge in [-0.1, -0.05) is 0 Å². The predicted molar refractivity (Wildman–Crippen MR) is 124 cm³/mol. The van der Waals surface area contributed by atoms with Gasteiger partial charge in [0, 0.05) is 37.4 Å². The molecule has 0 radical (unpaired) electrons. The van der Waals surface area contributed by atoms with E-state index in [0.29, 0.717) is 29.9 Å². The third kappa shape index (κ3) is 4.66. The maximum absolute atomic E-state index is 13.1. The summed E-state index contributed by atoms with van der Waals surface area (Å²) in [5, 5.41) is 0. The Morgan fingerprint density at radius 1 is 0.879 bits per heavy atom. The van der Waals surface area contributed by atoms with Gasteiger partial charge < -0.3 is 9.64 Å². The first-order chi connectivity index (χ1) is 15.9. The summed E-state index contributed by atoms with van der Waals surface area (Å²) in [6.45, 7) is 6.34. The Morgan fingerprint density at radius 3 is 2.03 bits per heavy atom. The number of piperazine rings is 1. The van der Waals surface area contributed by atoms with E-state index in [9.17, 15) is 19.2 Å². The second-order valence-electron chi connectivity index (χ2n) is 8.18. The van der Waals surface area contributed by atoms with Gasteiger partial charge in [-0.25, -0.2) is 9.69 Å². The molecule has 0 saturated carbocycles. The Morgan fingerprint density at radius 2 is 1.45 bits per heavy atom. The first-order valence-electron chi connectivity index (χ1n) is 11.1. The van der Waals surface area contributed by atoms with Crippen molar-refractivity contribution in [2.45, 2.75) is 26.3 Å². The van der Waals surface area contributed by atoms with Gasteiger partial charge in [0.1, 0.15) is 0 Å². The normalized spacial score (nSPS) is 19.2. The van der Waals surface area contributed by atoms with E-state index in [4.69, 9.17) is 4.74 Å². The zero-order chi connectivity index (χ0) is 23.5. The molecule has 2 aliphatic heterocycles. The number of imide groups is 1. The van der Waals surface area contributed by atoms with Crippen LogP contribution in [0.25, 0.3) is 0 Å². The van der Waals surface area contributed by atoms with Gasteiger partial charge in [-0.3, -0.25) is 19.3 Å². The van der Waals surface area contributed by atoms with E-state index < -0.39 is 12.0 Å². The highest BCUT2D eigenvalue weighted by molar-refractivity contribution is 6.22. The molecule has 2 aromatic carbocycles. The quantitative estimate of drug-likeness (QED) is 0.380. The number of Topliss-reactive ketones (excluding diaryl/α,β-unsaturated/α-hetero) is 1. The van der Waals surface area contributed by atoms with Crippen LogP contribution in [0.5, 0.6) is 0 Å². The lowest BCUT2D eigenvalue weighted by Gasteiger charge is -2.38. The van der Waals surface area contributed by atoms with Crippen LogP contribution >= 0.6 is 0 Å². The molecule has 172 valence electrons. The van der Waals surface area contributed by atoms with Crippen molar-refractivity contribution in [3.8, 4) is 0 Å². The van der Waals surface area contributed by atoms with Crippen LogP contribution in [-0.2, 0) is 14.3 Å². The number of ketones is 1. The van der Waals surface area contributed by atoms with E-state index in [1.165, 1.54) is 4.90 Å². The van der Waals surface area contributed by atoms with Crippen LogP contribution in [0, 0.1) is 0 Å². The fraction of sp³-hybridized carbons (Fsp3) is 0.360. The average Bonchev–Trinajstić information content (AvgIpc) is 3.13. The van der Waals surface area contributed by atoms with E-state index in [-0.39, 0.29) is 30.6 Å². The van der Waals surface area contributed by atoms with Gasteiger partial charge in [-0.15, -0.1) is 0 Å². The average molecular weight is 450 g/mol. The highest BCUT2D eigenvalue weighted by Gasteiger charge is 2.43. The Bertz CT molecular complexity index is 1060. The van der Waals surface area contributed by atoms with Crippen molar-refractivity contribution in [1.29, 1.82) is 0 Å². The molecule has 2 fully saturated rings. The largest absolute Gasteiger partial charge is 0.462 e. The lowest BCUT2D eigenvalue weighted by Crippen LogP contribution is -2.52. The second kappa shape index (κ2) is 9.54. The van der Waals surface area contributed by atoms with Gasteiger partial charge in [0.15, 0.2) is 5.78 Å². The van der Waals surface area contributed by atoms with Crippen LogP contribution in [0.1, 0.15) is 41.0 Å². The van der Waals surface area contributed by atoms with E-state index in [1.54, 1.807) is 38.1 Å². The van der Waals surface area contributed by atoms with Gasteiger partial charge in [0.25, 0.3) is 5.91 Å². The number of ether oxygens (including phenoxy) is 1. The lowest BCUT2D eigenvalue weighted by molar-refractivity contribution is -0.123. The minimum Gasteiger partial charge on any atom is -0.462 e. The fourth-order valence-corrected chi connectivity index (χ4v) is 4.33. The van der Waals surface area contributed by atoms with E-state index in [0.717, 1.165) is 18.8 Å². The summed E-state index contributed by atoms with van der Waals surface area (Å²) in [5.41, 5.74) is 2.56. The summed E-state index contributed by atoms with van der Waals surface area (Å²) >= 11 is 0. The fourth-order valence-electron chi connectivity index (χ4n) is 4.33. The molecule has 0 spiro atoms. The lowest BCUT2D eigenvalue weighted by atomic mass is 10.1. The minimum absolute atomic E-state index is 0.0378. The second-order valence-corrected chi connectivity index (χ2v) is 8.18. The number of nitrogens with zero attached hydrogens (tertiary/aromatic N) is 3. The number of esters is 1. The predicted octanol–water partition coefficient (Wildman–Crippen LogP) is 2.52. The highest BCUT2D eigenvalue weighted by atomic mass is 16.5. The van der Waals surface area contributed by atoms with Gasteiger partial charge in [0.05, 0.1) is 30.3 Å². The number of hydrogen-bond acceptors (Lipinski definition) is 7. The Balaban J connectivity index is 1.39. The standard InChI is InChI=1S/C25H27N3O5/c1-3-33-25(32)19-6-10-21(11-7-19)28-23(30)16-22(24(28)31)27-14-12-26(13-15-27)20-8-4-18(5-9-20)17(2)29/h4-11,22H,3,12-16H2,1-2H3/t22-/m1/s1. The third-order valence-electron chi connectivity index (χ3n) is 6.15. The maximum Gasteiger partial charge on any atom is 0.338 e. The van der Waals surface area contributed by atoms with Crippen LogP contribution < -0.4 is 9.80 Å². The van der Waals surface area contributed by atoms with Crippen molar-refractivity contribution in [3.63, 3.8) is 0 Å². The first-order valence-corrected chi connectivity index (χ1v) is 11.1. The zero-order valence-corrected chi connectivity index (χ0v) is 18.8. The maximum atomic E-state index is 13.1. The molecule has 1 atom stereocenters. The van der Waals surface area contributed by atoms with Crippen molar-refractivity contribution in [3.05, 3.63) is 59.7 Å². The van der Waals surface area contributed by atoms with Crippen molar-refractivity contribution in [2.24, 2.45) is 0 Å². The highest BCUT2D eigenvalue weighted by Crippen LogP contribution is 2.27. The molecule has 2 aromatic rings. The Hall–Kier alpha value is -3.52.